The van der Waals surface area contributed by atoms with Crippen molar-refractivity contribution in [3.8, 4) is 0 Å². The fourth-order valence-electron chi connectivity index (χ4n) is 4.84. The van der Waals surface area contributed by atoms with Crippen molar-refractivity contribution in [1.29, 1.82) is 0 Å². The monoisotopic (exact) mass is 208 g/mol. The van der Waals surface area contributed by atoms with Gasteiger partial charge in [0, 0.05) is 5.41 Å². The first-order valence-electron chi connectivity index (χ1n) is 6.58. The number of epoxide rings is 1. The average Bonchev–Trinajstić information content (AvgIpc) is 2.77. The maximum Gasteiger partial charge on any atom is 0.0976 e. The van der Waals surface area contributed by atoms with Crippen molar-refractivity contribution in [2.24, 2.45) is 16.7 Å². The molecular weight excluding hydrogens is 184 g/mol. The minimum absolute atomic E-state index is 0.230. The first-order valence-corrected chi connectivity index (χ1v) is 6.58. The minimum Gasteiger partial charge on any atom is -0.366 e. The molecule has 4 atom stereocenters. The molecule has 0 unspecified atom stereocenters. The van der Waals surface area contributed by atoms with Gasteiger partial charge in [0.15, 0.2) is 0 Å². The van der Waals surface area contributed by atoms with E-state index in [2.05, 4.69) is 27.7 Å². The van der Waals surface area contributed by atoms with Gasteiger partial charge in [-0.1, -0.05) is 27.2 Å². The number of hydrogen-bond donors (Lipinski definition) is 0. The lowest BCUT2D eigenvalue weighted by Crippen LogP contribution is -2.52. The molecule has 0 amide bonds. The fourth-order valence-corrected chi connectivity index (χ4v) is 4.84. The van der Waals surface area contributed by atoms with Gasteiger partial charge in [0.2, 0.25) is 0 Å². The molecule has 1 nitrogen and oxygen atoms in total. The average molecular weight is 208 g/mol. The molecule has 0 aromatic heterocycles. The van der Waals surface area contributed by atoms with E-state index in [4.69, 9.17) is 4.74 Å². The summed E-state index contributed by atoms with van der Waals surface area (Å²) in [6.45, 7) is 9.81. The van der Waals surface area contributed by atoms with Crippen molar-refractivity contribution < 1.29 is 4.74 Å². The zero-order valence-electron chi connectivity index (χ0n) is 10.6. The molecule has 0 spiro atoms. The van der Waals surface area contributed by atoms with Crippen LogP contribution in [0.5, 0.6) is 0 Å². The Labute approximate surface area is 93.6 Å². The molecule has 3 fully saturated rings. The van der Waals surface area contributed by atoms with Gasteiger partial charge in [0.05, 0.1) is 11.7 Å². The molecule has 86 valence electrons. The molecule has 0 N–H and O–H groups in total. The molecule has 1 saturated heterocycles. The SMILES string of the molecule is CC1(C)CCC[C@@]2(C)[C@H]1CC[C@H]1O[C@]12C. The van der Waals surface area contributed by atoms with E-state index in [9.17, 15) is 0 Å². The zero-order valence-corrected chi connectivity index (χ0v) is 10.6. The summed E-state index contributed by atoms with van der Waals surface area (Å²) in [6.07, 6.45) is 7.48. The van der Waals surface area contributed by atoms with Crippen LogP contribution >= 0.6 is 0 Å². The Bertz CT molecular complexity index is 296. The summed E-state index contributed by atoms with van der Waals surface area (Å²) in [5, 5.41) is 0. The molecule has 0 aromatic carbocycles. The Kier molecular flexibility index (Phi) is 1.77. The molecule has 0 radical (unpaired) electrons. The largest absolute Gasteiger partial charge is 0.366 e. The van der Waals surface area contributed by atoms with Crippen molar-refractivity contribution in [2.45, 2.75) is 71.5 Å². The normalized spacial score (nSPS) is 56.8. The van der Waals surface area contributed by atoms with Crippen molar-refractivity contribution in [2.75, 3.05) is 0 Å². The predicted molar refractivity (Wildman–Crippen MR) is 61.7 cm³/mol. The molecule has 0 aromatic rings. The van der Waals surface area contributed by atoms with E-state index >= 15 is 0 Å². The lowest BCUT2D eigenvalue weighted by atomic mass is 9.48. The minimum atomic E-state index is 0.230. The highest BCUT2D eigenvalue weighted by Gasteiger charge is 2.70. The highest BCUT2D eigenvalue weighted by atomic mass is 16.6. The lowest BCUT2D eigenvalue weighted by molar-refractivity contribution is -0.0601. The Balaban J connectivity index is 1.99. The van der Waals surface area contributed by atoms with Crippen molar-refractivity contribution in [3.05, 3.63) is 0 Å². The zero-order chi connectivity index (χ0) is 10.9. The van der Waals surface area contributed by atoms with Gasteiger partial charge in [0.25, 0.3) is 0 Å². The molecule has 2 aliphatic carbocycles. The van der Waals surface area contributed by atoms with Crippen LogP contribution in [0.15, 0.2) is 0 Å². The predicted octanol–water partition coefficient (Wildman–Crippen LogP) is 3.77. The van der Waals surface area contributed by atoms with E-state index in [1.807, 2.05) is 0 Å². The van der Waals surface area contributed by atoms with Gasteiger partial charge in [-0.15, -0.1) is 0 Å². The van der Waals surface area contributed by atoms with Crippen molar-refractivity contribution in [1.82, 2.24) is 0 Å². The third kappa shape index (κ3) is 1.08. The second kappa shape index (κ2) is 2.61. The van der Waals surface area contributed by atoms with E-state index in [1.54, 1.807) is 0 Å². The molecule has 1 heteroatoms. The Morgan fingerprint density at radius 3 is 2.47 bits per heavy atom. The van der Waals surface area contributed by atoms with Crippen molar-refractivity contribution >= 4 is 0 Å². The molecule has 2 saturated carbocycles. The van der Waals surface area contributed by atoms with Gasteiger partial charge in [-0.2, -0.15) is 0 Å². The van der Waals surface area contributed by atoms with Gasteiger partial charge >= 0.3 is 0 Å². The highest BCUT2D eigenvalue weighted by molar-refractivity contribution is 5.18. The molecule has 15 heavy (non-hydrogen) atoms. The van der Waals surface area contributed by atoms with Gasteiger partial charge in [-0.25, -0.2) is 0 Å². The summed E-state index contributed by atoms with van der Waals surface area (Å²) in [5.41, 5.74) is 1.22. The summed E-state index contributed by atoms with van der Waals surface area (Å²) in [7, 11) is 0. The topological polar surface area (TPSA) is 12.5 Å². The summed E-state index contributed by atoms with van der Waals surface area (Å²) in [6, 6.07) is 0. The number of rotatable bonds is 0. The van der Waals surface area contributed by atoms with Crippen LogP contribution in [0.1, 0.15) is 59.8 Å². The number of ether oxygens (including phenoxy) is 1. The Hall–Kier alpha value is -0.0400. The highest BCUT2D eigenvalue weighted by Crippen LogP contribution is 2.68. The lowest BCUT2D eigenvalue weighted by Gasteiger charge is -2.55. The Morgan fingerprint density at radius 2 is 1.73 bits per heavy atom. The molecule has 1 heterocycles. The summed E-state index contributed by atoms with van der Waals surface area (Å²) in [4.78, 5) is 0. The van der Waals surface area contributed by atoms with E-state index < -0.39 is 0 Å². The van der Waals surface area contributed by atoms with E-state index in [0.717, 1.165) is 5.92 Å². The van der Waals surface area contributed by atoms with Crippen LogP contribution in [-0.2, 0) is 4.74 Å². The first-order chi connectivity index (χ1) is 6.90. The van der Waals surface area contributed by atoms with Crippen LogP contribution in [0, 0.1) is 16.7 Å². The van der Waals surface area contributed by atoms with Crippen LogP contribution in [0.4, 0.5) is 0 Å². The molecule has 3 rings (SSSR count). The number of hydrogen-bond acceptors (Lipinski definition) is 1. The summed E-state index contributed by atoms with van der Waals surface area (Å²) in [5.74, 6) is 0.877. The van der Waals surface area contributed by atoms with Crippen LogP contribution in [0.3, 0.4) is 0 Å². The maximum absolute atomic E-state index is 6.03. The van der Waals surface area contributed by atoms with E-state index in [1.165, 1.54) is 32.1 Å². The van der Waals surface area contributed by atoms with Crippen molar-refractivity contribution in [3.63, 3.8) is 0 Å². The van der Waals surface area contributed by atoms with Gasteiger partial charge in [-0.05, 0) is 43.9 Å². The standard InChI is InChI=1S/C14H24O/c1-12(2)8-5-9-13(3)10(12)6-7-11-14(13,4)15-11/h10-11H,5-9H2,1-4H3/t10-,11+,13-,14+/m0/s1. The third-order valence-corrected chi connectivity index (χ3v) is 6.03. The Morgan fingerprint density at radius 1 is 1.00 bits per heavy atom. The quantitative estimate of drug-likeness (QED) is 0.552. The van der Waals surface area contributed by atoms with Crippen LogP contribution in [-0.4, -0.2) is 11.7 Å². The van der Waals surface area contributed by atoms with E-state index in [0.29, 0.717) is 16.9 Å². The third-order valence-electron chi connectivity index (χ3n) is 6.03. The number of fused-ring (bicyclic) bond motifs is 3. The summed E-state index contributed by atoms with van der Waals surface area (Å²) < 4.78 is 6.03. The van der Waals surface area contributed by atoms with Gasteiger partial charge in [-0.3, -0.25) is 0 Å². The van der Waals surface area contributed by atoms with Crippen LogP contribution in [0.2, 0.25) is 0 Å². The second-order valence-corrected chi connectivity index (χ2v) is 7.10. The molecule has 1 aliphatic heterocycles. The van der Waals surface area contributed by atoms with Gasteiger partial charge in [0.1, 0.15) is 0 Å². The van der Waals surface area contributed by atoms with E-state index in [-0.39, 0.29) is 5.60 Å². The second-order valence-electron chi connectivity index (χ2n) is 7.10. The molecule has 3 aliphatic rings. The van der Waals surface area contributed by atoms with Crippen LogP contribution in [0.25, 0.3) is 0 Å². The summed E-state index contributed by atoms with van der Waals surface area (Å²) >= 11 is 0. The first kappa shape index (κ1) is 10.1. The van der Waals surface area contributed by atoms with Crippen LogP contribution < -0.4 is 0 Å². The smallest absolute Gasteiger partial charge is 0.0976 e. The fraction of sp³-hybridized carbons (Fsp3) is 1.00. The van der Waals surface area contributed by atoms with Gasteiger partial charge < -0.3 is 4.74 Å². The molecular formula is C14H24O. The maximum atomic E-state index is 6.03. The molecule has 0 bridgehead atoms.